The Hall–Kier alpha value is -5.73. The summed E-state index contributed by atoms with van der Waals surface area (Å²) in [7, 11) is 1.35. The second-order valence-corrected chi connectivity index (χ2v) is 7.91. The van der Waals surface area contributed by atoms with E-state index in [4.69, 9.17) is 28.4 Å². The Labute approximate surface area is 221 Å². The predicted molar refractivity (Wildman–Crippen MR) is 138 cm³/mol. The lowest BCUT2D eigenvalue weighted by Gasteiger charge is -2.14. The van der Waals surface area contributed by atoms with Gasteiger partial charge in [0.1, 0.15) is 23.3 Å². The number of nitrogens with two attached hydrogens (primary N) is 1. The third-order valence-electron chi connectivity index (χ3n) is 5.50. The van der Waals surface area contributed by atoms with E-state index in [0.717, 1.165) is 12.1 Å². The third kappa shape index (κ3) is 5.36. The van der Waals surface area contributed by atoms with Gasteiger partial charge < -0.3 is 15.2 Å². The first-order valence-electron chi connectivity index (χ1n) is 11.1. The zero-order valence-corrected chi connectivity index (χ0v) is 20.2. The number of ether oxygens (including phenoxy) is 2. The number of alkyl halides is 3. The highest BCUT2D eigenvalue weighted by Gasteiger charge is 2.34. The number of hydrogen-bond acceptors (Lipinski definition) is 5. The van der Waals surface area contributed by atoms with Crippen LogP contribution in [-0.2, 0) is 6.18 Å². The number of anilines is 1. The molecule has 0 amide bonds. The van der Waals surface area contributed by atoms with Crippen LogP contribution in [0.15, 0.2) is 66.7 Å². The summed E-state index contributed by atoms with van der Waals surface area (Å²) in [6.07, 6.45) is -3.25. The monoisotopic (exact) mass is 526 g/mol. The Kier molecular flexibility index (Phi) is 7.23. The zero-order chi connectivity index (χ0) is 28.2. The van der Waals surface area contributed by atoms with E-state index in [0.29, 0.717) is 11.3 Å². The third-order valence-corrected chi connectivity index (χ3v) is 5.50. The molecule has 1 aromatic heterocycles. The molecule has 39 heavy (non-hydrogen) atoms. The highest BCUT2D eigenvalue weighted by atomic mass is 19.4. The molecule has 0 atom stereocenters. The molecule has 0 spiro atoms. The van der Waals surface area contributed by atoms with Crippen LogP contribution in [0, 0.1) is 24.5 Å². The number of hydrogen-bond donors (Lipinski definition) is 1. The van der Waals surface area contributed by atoms with Crippen molar-refractivity contribution in [1.29, 1.82) is 5.26 Å². The van der Waals surface area contributed by atoms with Crippen LogP contribution in [0.3, 0.4) is 0 Å². The van der Waals surface area contributed by atoms with Crippen molar-refractivity contribution >= 4 is 28.8 Å². The van der Waals surface area contributed by atoms with Gasteiger partial charge in [-0.1, -0.05) is 30.3 Å². The van der Waals surface area contributed by atoms with Gasteiger partial charge in [-0.15, -0.1) is 0 Å². The minimum Gasteiger partial charge on any atom is -0.493 e. The summed E-state index contributed by atoms with van der Waals surface area (Å²) >= 11 is 0. The number of aromatic nitrogens is 2. The van der Waals surface area contributed by atoms with Crippen molar-refractivity contribution in [3.05, 3.63) is 106 Å². The second-order valence-electron chi connectivity index (χ2n) is 7.91. The molecule has 0 aliphatic rings. The van der Waals surface area contributed by atoms with Crippen LogP contribution < -0.4 is 15.2 Å². The highest BCUT2D eigenvalue weighted by Crippen LogP contribution is 2.41. The number of nitriles is 1. The second kappa shape index (κ2) is 10.7. The molecule has 0 aliphatic heterocycles. The maximum Gasteiger partial charge on any atom is 0.407 e. The highest BCUT2D eigenvalue weighted by molar-refractivity contribution is 5.95. The molecule has 1 heterocycles. The van der Waals surface area contributed by atoms with Crippen LogP contribution in [0.2, 0.25) is 0 Å². The maximum atomic E-state index is 13.3. The molecule has 4 aromatic rings. The average Bonchev–Trinajstić information content (AvgIpc) is 3.28. The van der Waals surface area contributed by atoms with E-state index >= 15 is 0 Å². The minimum absolute atomic E-state index is 0.0156. The molecule has 3 aromatic carbocycles. The van der Waals surface area contributed by atoms with E-state index in [9.17, 15) is 18.4 Å². The van der Waals surface area contributed by atoms with Crippen molar-refractivity contribution in [2.24, 2.45) is 0 Å². The van der Waals surface area contributed by atoms with Gasteiger partial charge in [-0.3, -0.25) is 0 Å². The first kappa shape index (κ1) is 26.3. The van der Waals surface area contributed by atoms with Crippen LogP contribution >= 0.6 is 0 Å². The molecular formula is C28H17F3N6O2. The topological polar surface area (TPSA) is 94.8 Å². The van der Waals surface area contributed by atoms with Crippen LogP contribution in [0.4, 0.5) is 30.4 Å². The summed E-state index contributed by atoms with van der Waals surface area (Å²) in [5, 5.41) is 14.3. The van der Waals surface area contributed by atoms with E-state index < -0.39 is 17.4 Å². The maximum absolute atomic E-state index is 13.3. The number of rotatable bonds is 6. The number of methoxy groups -OCH3 is 1. The summed E-state index contributed by atoms with van der Waals surface area (Å²) in [5.74, 6) is 0.216. The largest absolute Gasteiger partial charge is 0.493 e. The first-order valence-corrected chi connectivity index (χ1v) is 11.1. The van der Waals surface area contributed by atoms with Gasteiger partial charge in [0.2, 0.25) is 0 Å². The van der Waals surface area contributed by atoms with Gasteiger partial charge in [-0.25, -0.2) is 14.4 Å². The lowest BCUT2D eigenvalue weighted by molar-refractivity contribution is -0.136. The van der Waals surface area contributed by atoms with E-state index in [2.05, 4.69) is 14.8 Å². The van der Waals surface area contributed by atoms with Crippen molar-refractivity contribution < 1.29 is 22.6 Å². The van der Waals surface area contributed by atoms with Gasteiger partial charge in [0, 0.05) is 0 Å². The summed E-state index contributed by atoms with van der Waals surface area (Å²) in [5.41, 5.74) is 5.75. The summed E-state index contributed by atoms with van der Waals surface area (Å²) in [4.78, 5) is 6.38. The van der Waals surface area contributed by atoms with E-state index in [1.54, 1.807) is 30.3 Å². The molecule has 0 aliphatic carbocycles. The van der Waals surface area contributed by atoms with Crippen molar-refractivity contribution in [2.75, 3.05) is 12.8 Å². The SMILES string of the molecule is [C-]#[N+]c1ccc(Oc2ccc(C=C(C#N)c3nn(-c4ccccc4)c(N)c3[N+]#[C-])cc2OC)cc1C(F)(F)F. The van der Waals surface area contributed by atoms with Gasteiger partial charge in [-0.2, -0.15) is 23.5 Å². The Morgan fingerprint density at radius 3 is 2.41 bits per heavy atom. The lowest BCUT2D eigenvalue weighted by atomic mass is 10.1. The summed E-state index contributed by atoms with van der Waals surface area (Å²) in [6.45, 7) is 14.5. The van der Waals surface area contributed by atoms with Crippen molar-refractivity contribution in [2.45, 2.75) is 6.18 Å². The van der Waals surface area contributed by atoms with Gasteiger partial charge >= 0.3 is 6.18 Å². The molecule has 0 fully saturated rings. The van der Waals surface area contributed by atoms with E-state index in [1.165, 1.54) is 36.1 Å². The fraction of sp³-hybridized carbons (Fsp3) is 0.0714. The fourth-order valence-electron chi connectivity index (χ4n) is 3.69. The molecule has 192 valence electrons. The average molecular weight is 526 g/mol. The molecule has 0 saturated heterocycles. The fourth-order valence-corrected chi connectivity index (χ4v) is 3.69. The lowest BCUT2D eigenvalue weighted by Crippen LogP contribution is -2.05. The number of nitrogen functional groups attached to an aromatic ring is 1. The molecule has 11 heteroatoms. The summed E-state index contributed by atoms with van der Waals surface area (Å²) < 4.78 is 52.4. The number of benzene rings is 3. The quantitative estimate of drug-likeness (QED) is 0.208. The molecular weight excluding hydrogens is 509 g/mol. The molecule has 0 unspecified atom stereocenters. The molecule has 0 bridgehead atoms. The molecule has 4 rings (SSSR count). The van der Waals surface area contributed by atoms with Crippen LogP contribution in [-0.4, -0.2) is 16.9 Å². The van der Waals surface area contributed by atoms with Crippen LogP contribution in [0.5, 0.6) is 17.2 Å². The van der Waals surface area contributed by atoms with Gasteiger partial charge in [0.05, 0.1) is 37.1 Å². The number of halogens is 3. The Morgan fingerprint density at radius 1 is 1.05 bits per heavy atom. The zero-order valence-electron chi connectivity index (χ0n) is 20.2. The van der Waals surface area contributed by atoms with Crippen molar-refractivity contribution in [3.8, 4) is 29.0 Å². The predicted octanol–water partition coefficient (Wildman–Crippen LogP) is 7.44. The molecule has 2 N–H and O–H groups in total. The number of para-hydroxylation sites is 1. The minimum atomic E-state index is -4.73. The standard InChI is InChI=1S/C28H17F3N6O2/c1-34-22-11-10-20(15-21(22)28(29,30)31)39-23-12-9-17(14-24(23)38-3)13-18(16-32)25-26(35-2)27(33)37(36-25)19-7-5-4-6-8-19/h4-15H,33H2,3H3. The Balaban J connectivity index is 1.71. The summed E-state index contributed by atoms with van der Waals surface area (Å²) in [6, 6.07) is 18.5. The van der Waals surface area contributed by atoms with Crippen molar-refractivity contribution in [3.63, 3.8) is 0 Å². The van der Waals surface area contributed by atoms with Crippen molar-refractivity contribution in [1.82, 2.24) is 9.78 Å². The molecule has 0 radical (unpaired) electrons. The molecule has 8 nitrogen and oxygen atoms in total. The van der Waals surface area contributed by atoms with Gasteiger partial charge in [-0.05, 0) is 48.0 Å². The smallest absolute Gasteiger partial charge is 0.407 e. The normalized spacial score (nSPS) is 11.3. The molecule has 0 saturated carbocycles. The van der Waals surface area contributed by atoms with E-state index in [1.807, 2.05) is 12.1 Å². The van der Waals surface area contributed by atoms with E-state index in [-0.39, 0.29) is 40.0 Å². The number of allylic oxidation sites excluding steroid dienone is 1. The van der Waals surface area contributed by atoms with Gasteiger partial charge in [0.25, 0.3) is 5.69 Å². The van der Waals surface area contributed by atoms with Gasteiger partial charge in [0.15, 0.2) is 17.2 Å². The Bertz CT molecular complexity index is 1700. The first-order chi connectivity index (χ1) is 18.7. The van der Waals surface area contributed by atoms with Crippen LogP contribution in [0.25, 0.3) is 27.0 Å². The van der Waals surface area contributed by atoms with Crippen LogP contribution in [0.1, 0.15) is 16.8 Å². The Morgan fingerprint density at radius 2 is 1.79 bits per heavy atom. The number of nitrogens with zero attached hydrogens (tertiary/aromatic N) is 5.